The molecule has 146 valence electrons. The number of guanidine groups is 1. The van der Waals surface area contributed by atoms with Gasteiger partial charge in [0.15, 0.2) is 5.96 Å². The summed E-state index contributed by atoms with van der Waals surface area (Å²) in [5, 5.41) is 3.07. The van der Waals surface area contributed by atoms with Gasteiger partial charge in [-0.25, -0.2) is 4.99 Å². The monoisotopic (exact) mass is 489 g/mol. The van der Waals surface area contributed by atoms with Crippen molar-refractivity contribution in [2.24, 2.45) is 10.7 Å². The maximum Gasteiger partial charge on any atom is 0.193 e. The SMILES string of the molecule is COc1cccc(NC(N)=NCc2cccc(COc3ccccc3)c2)c1.I. The predicted octanol–water partition coefficient (Wildman–Crippen LogP) is 4.82. The highest BCUT2D eigenvalue weighted by molar-refractivity contribution is 14.0. The Morgan fingerprint density at radius 3 is 2.39 bits per heavy atom. The van der Waals surface area contributed by atoms with Gasteiger partial charge in [-0.3, -0.25) is 0 Å². The first-order valence-electron chi connectivity index (χ1n) is 8.69. The van der Waals surface area contributed by atoms with Gasteiger partial charge in [0, 0.05) is 11.8 Å². The quantitative estimate of drug-likeness (QED) is 0.284. The number of hydrogen-bond acceptors (Lipinski definition) is 3. The lowest BCUT2D eigenvalue weighted by Crippen LogP contribution is -2.22. The minimum Gasteiger partial charge on any atom is -0.497 e. The molecular formula is C22H24IN3O2. The van der Waals surface area contributed by atoms with E-state index in [1.54, 1.807) is 7.11 Å². The summed E-state index contributed by atoms with van der Waals surface area (Å²) in [7, 11) is 1.63. The molecule has 0 radical (unpaired) electrons. The van der Waals surface area contributed by atoms with E-state index in [4.69, 9.17) is 15.2 Å². The van der Waals surface area contributed by atoms with Crippen LogP contribution in [0.5, 0.6) is 11.5 Å². The first-order valence-corrected chi connectivity index (χ1v) is 8.69. The second-order valence-electron chi connectivity index (χ2n) is 5.98. The molecule has 3 aromatic rings. The molecule has 0 saturated heterocycles. The number of nitrogens with two attached hydrogens (primary N) is 1. The number of nitrogens with zero attached hydrogens (tertiary/aromatic N) is 1. The third-order valence-corrected chi connectivity index (χ3v) is 3.91. The van der Waals surface area contributed by atoms with Gasteiger partial charge in [0.2, 0.25) is 0 Å². The topological polar surface area (TPSA) is 68.9 Å². The lowest BCUT2D eigenvalue weighted by atomic mass is 10.1. The number of ether oxygens (including phenoxy) is 2. The molecule has 3 rings (SSSR count). The number of rotatable bonds is 7. The fourth-order valence-corrected chi connectivity index (χ4v) is 2.57. The Hall–Kier alpha value is -2.74. The minimum atomic E-state index is 0. The van der Waals surface area contributed by atoms with Crippen LogP contribution in [0.4, 0.5) is 5.69 Å². The number of para-hydroxylation sites is 1. The minimum absolute atomic E-state index is 0. The summed E-state index contributed by atoms with van der Waals surface area (Å²) in [4.78, 5) is 4.41. The van der Waals surface area contributed by atoms with Crippen molar-refractivity contribution in [1.29, 1.82) is 0 Å². The van der Waals surface area contributed by atoms with Crippen LogP contribution in [0.25, 0.3) is 0 Å². The standard InChI is InChI=1S/C22H23N3O2.HI/c1-26-21-12-6-9-19(14-21)25-22(23)24-15-17-7-5-8-18(13-17)16-27-20-10-3-2-4-11-20;/h2-14H,15-16H2,1H3,(H3,23,24,25);1H. The van der Waals surface area contributed by atoms with Gasteiger partial charge in [-0.2, -0.15) is 0 Å². The molecule has 0 atom stereocenters. The molecule has 0 aliphatic rings. The molecule has 0 aliphatic heterocycles. The van der Waals surface area contributed by atoms with E-state index in [2.05, 4.69) is 16.4 Å². The fourth-order valence-electron chi connectivity index (χ4n) is 2.57. The van der Waals surface area contributed by atoms with E-state index in [0.717, 1.165) is 28.3 Å². The molecule has 3 N–H and O–H groups in total. The largest absolute Gasteiger partial charge is 0.497 e. The number of aliphatic imine (C=N–C) groups is 1. The Morgan fingerprint density at radius 1 is 0.893 bits per heavy atom. The van der Waals surface area contributed by atoms with Gasteiger partial charge in [-0.1, -0.05) is 48.5 Å². The highest BCUT2D eigenvalue weighted by Gasteiger charge is 2.00. The molecule has 0 bridgehead atoms. The van der Waals surface area contributed by atoms with Crippen molar-refractivity contribution in [3.05, 3.63) is 90.0 Å². The van der Waals surface area contributed by atoms with E-state index >= 15 is 0 Å². The number of halogens is 1. The van der Waals surface area contributed by atoms with Crippen LogP contribution in [-0.4, -0.2) is 13.1 Å². The van der Waals surface area contributed by atoms with Crippen molar-refractivity contribution in [3.8, 4) is 11.5 Å². The Kier molecular flexibility index (Phi) is 8.61. The number of nitrogens with one attached hydrogen (secondary N) is 1. The van der Waals surface area contributed by atoms with Crippen LogP contribution in [0.2, 0.25) is 0 Å². The van der Waals surface area contributed by atoms with Crippen molar-refractivity contribution in [2.45, 2.75) is 13.2 Å². The second kappa shape index (κ2) is 11.2. The Balaban J connectivity index is 0.00000280. The van der Waals surface area contributed by atoms with Crippen molar-refractivity contribution in [2.75, 3.05) is 12.4 Å². The Labute approximate surface area is 182 Å². The van der Waals surface area contributed by atoms with Gasteiger partial charge in [-0.15, -0.1) is 24.0 Å². The van der Waals surface area contributed by atoms with E-state index in [0.29, 0.717) is 19.1 Å². The number of hydrogen-bond donors (Lipinski definition) is 2. The van der Waals surface area contributed by atoms with Crippen molar-refractivity contribution in [1.82, 2.24) is 0 Å². The summed E-state index contributed by atoms with van der Waals surface area (Å²) >= 11 is 0. The maximum absolute atomic E-state index is 5.99. The molecule has 0 spiro atoms. The van der Waals surface area contributed by atoms with E-state index in [-0.39, 0.29) is 24.0 Å². The first kappa shape index (κ1) is 21.6. The van der Waals surface area contributed by atoms with E-state index in [1.807, 2.05) is 72.8 Å². The zero-order valence-electron chi connectivity index (χ0n) is 15.7. The van der Waals surface area contributed by atoms with Crippen LogP contribution >= 0.6 is 24.0 Å². The van der Waals surface area contributed by atoms with Crippen LogP contribution < -0.4 is 20.5 Å². The predicted molar refractivity (Wildman–Crippen MR) is 125 cm³/mol. The second-order valence-corrected chi connectivity index (χ2v) is 5.98. The maximum atomic E-state index is 5.99. The summed E-state index contributed by atoms with van der Waals surface area (Å²) < 4.78 is 11.0. The smallest absolute Gasteiger partial charge is 0.193 e. The van der Waals surface area contributed by atoms with Gasteiger partial charge in [0.05, 0.1) is 13.7 Å². The molecule has 3 aromatic carbocycles. The molecule has 0 unspecified atom stereocenters. The molecule has 0 heterocycles. The number of methoxy groups -OCH3 is 1. The van der Waals surface area contributed by atoms with Crippen molar-refractivity contribution >= 4 is 35.6 Å². The summed E-state index contributed by atoms with van der Waals surface area (Å²) in [5.41, 5.74) is 8.98. The number of anilines is 1. The van der Waals surface area contributed by atoms with Crippen molar-refractivity contribution < 1.29 is 9.47 Å². The van der Waals surface area contributed by atoms with Crippen molar-refractivity contribution in [3.63, 3.8) is 0 Å². The first-order chi connectivity index (χ1) is 13.2. The summed E-state index contributed by atoms with van der Waals surface area (Å²) in [6.07, 6.45) is 0. The molecule has 5 nitrogen and oxygen atoms in total. The molecule has 0 aromatic heterocycles. The highest BCUT2D eigenvalue weighted by atomic mass is 127. The molecule has 0 saturated carbocycles. The lowest BCUT2D eigenvalue weighted by Gasteiger charge is -2.09. The van der Waals surface area contributed by atoms with Gasteiger partial charge in [0.25, 0.3) is 0 Å². The average molecular weight is 489 g/mol. The van der Waals surface area contributed by atoms with Crippen LogP contribution in [0.3, 0.4) is 0 Å². The Morgan fingerprint density at radius 2 is 1.61 bits per heavy atom. The molecule has 28 heavy (non-hydrogen) atoms. The third kappa shape index (κ3) is 6.77. The lowest BCUT2D eigenvalue weighted by molar-refractivity contribution is 0.306. The summed E-state index contributed by atoms with van der Waals surface area (Å²) in [5.74, 6) is 1.97. The third-order valence-electron chi connectivity index (χ3n) is 3.91. The highest BCUT2D eigenvalue weighted by Crippen LogP contribution is 2.16. The zero-order valence-corrected chi connectivity index (χ0v) is 18.0. The molecule has 0 fully saturated rings. The van der Waals surface area contributed by atoms with E-state index < -0.39 is 0 Å². The molecule has 0 aliphatic carbocycles. The van der Waals surface area contributed by atoms with Crippen LogP contribution in [-0.2, 0) is 13.2 Å². The van der Waals surface area contributed by atoms with Gasteiger partial charge in [-0.05, 0) is 35.4 Å². The van der Waals surface area contributed by atoms with Gasteiger partial charge < -0.3 is 20.5 Å². The average Bonchev–Trinajstić information content (AvgIpc) is 2.72. The molecular weight excluding hydrogens is 465 g/mol. The van der Waals surface area contributed by atoms with Crippen LogP contribution in [0.15, 0.2) is 83.9 Å². The van der Waals surface area contributed by atoms with Gasteiger partial charge in [0.1, 0.15) is 18.1 Å². The van der Waals surface area contributed by atoms with E-state index in [9.17, 15) is 0 Å². The Bertz CT molecular complexity index is 901. The molecule has 0 amide bonds. The van der Waals surface area contributed by atoms with Crippen LogP contribution in [0.1, 0.15) is 11.1 Å². The fraction of sp³-hybridized carbons (Fsp3) is 0.136. The molecule has 6 heteroatoms. The normalized spacial score (nSPS) is 10.7. The summed E-state index contributed by atoms with van der Waals surface area (Å²) in [6.45, 7) is 1.00. The van der Waals surface area contributed by atoms with Gasteiger partial charge >= 0.3 is 0 Å². The zero-order chi connectivity index (χ0) is 18.9. The number of benzene rings is 3. The van der Waals surface area contributed by atoms with E-state index in [1.165, 1.54) is 0 Å². The van der Waals surface area contributed by atoms with Crippen LogP contribution in [0, 0.1) is 0 Å². The summed E-state index contributed by atoms with van der Waals surface area (Å²) in [6, 6.07) is 25.4.